The number of sulfonamides is 1. The Labute approximate surface area is 158 Å². The van der Waals surface area contributed by atoms with Crippen LogP contribution in [0, 0.1) is 0 Å². The van der Waals surface area contributed by atoms with Crippen LogP contribution in [0.1, 0.15) is 27.1 Å². The average molecular weight is 439 g/mol. The molecule has 7 nitrogen and oxygen atoms in total. The van der Waals surface area contributed by atoms with Gasteiger partial charge in [0, 0.05) is 16.7 Å². The summed E-state index contributed by atoms with van der Waals surface area (Å²) in [5.41, 5.74) is 1.07. The minimum absolute atomic E-state index is 0.00439. The highest BCUT2D eigenvalue weighted by Crippen LogP contribution is 2.27. The molecule has 0 aliphatic carbocycles. The van der Waals surface area contributed by atoms with Crippen molar-refractivity contribution in [3.05, 3.63) is 58.1 Å². The monoisotopic (exact) mass is 438 g/mol. The predicted molar refractivity (Wildman–Crippen MR) is 101 cm³/mol. The van der Waals surface area contributed by atoms with Gasteiger partial charge in [0.1, 0.15) is 0 Å². The second-order valence-electron chi connectivity index (χ2n) is 5.75. The zero-order chi connectivity index (χ0) is 18.9. The largest absolute Gasteiger partial charge is 0.478 e. The van der Waals surface area contributed by atoms with Gasteiger partial charge in [0.25, 0.3) is 5.91 Å². The Morgan fingerprint density at radius 2 is 1.92 bits per heavy atom. The van der Waals surface area contributed by atoms with Crippen molar-refractivity contribution in [2.24, 2.45) is 0 Å². The number of carboxylic acids is 1. The summed E-state index contributed by atoms with van der Waals surface area (Å²) in [6.07, 6.45) is 0.563. The summed E-state index contributed by atoms with van der Waals surface area (Å²) in [4.78, 5) is 23.6. The van der Waals surface area contributed by atoms with Crippen molar-refractivity contribution in [3.8, 4) is 0 Å². The predicted octanol–water partition coefficient (Wildman–Crippen LogP) is 2.94. The van der Waals surface area contributed by atoms with Gasteiger partial charge in [-0.05, 0) is 58.7 Å². The second kappa shape index (κ2) is 7.08. The summed E-state index contributed by atoms with van der Waals surface area (Å²) in [6, 6.07) is 10.7. The maximum atomic E-state index is 12.5. The van der Waals surface area contributed by atoms with Crippen molar-refractivity contribution in [1.29, 1.82) is 0 Å². The topological polar surface area (TPSA) is 104 Å². The molecule has 0 saturated carbocycles. The maximum absolute atomic E-state index is 12.5. The number of nitrogens with zero attached hydrogens (tertiary/aromatic N) is 1. The molecule has 136 valence electrons. The summed E-state index contributed by atoms with van der Waals surface area (Å²) in [5.74, 6) is -1.52. The minimum Gasteiger partial charge on any atom is -0.478 e. The molecule has 26 heavy (non-hydrogen) atoms. The van der Waals surface area contributed by atoms with Crippen LogP contribution in [0.3, 0.4) is 0 Å². The SMILES string of the molecule is O=C(O)c1ccc(Br)c(C(=O)Nc2cccc(N3CCCS3(=O)=O)c2)c1. The lowest BCUT2D eigenvalue weighted by atomic mass is 10.1. The summed E-state index contributed by atoms with van der Waals surface area (Å²) in [6.45, 7) is 0.409. The van der Waals surface area contributed by atoms with Crippen LogP contribution in [-0.4, -0.2) is 37.7 Å². The van der Waals surface area contributed by atoms with E-state index in [9.17, 15) is 18.0 Å². The molecule has 0 unspecified atom stereocenters. The first-order valence-corrected chi connectivity index (χ1v) is 10.1. The molecular formula is C17H15BrN2O5S. The van der Waals surface area contributed by atoms with Gasteiger partial charge in [-0.2, -0.15) is 0 Å². The van der Waals surface area contributed by atoms with Crippen LogP contribution < -0.4 is 9.62 Å². The maximum Gasteiger partial charge on any atom is 0.335 e. The van der Waals surface area contributed by atoms with E-state index in [1.165, 1.54) is 22.5 Å². The molecule has 0 radical (unpaired) electrons. The molecule has 1 saturated heterocycles. The molecule has 1 heterocycles. The molecule has 1 aliphatic heterocycles. The molecule has 2 aromatic rings. The Hall–Kier alpha value is -2.39. The number of benzene rings is 2. The van der Waals surface area contributed by atoms with Crippen LogP contribution >= 0.6 is 15.9 Å². The van der Waals surface area contributed by atoms with E-state index in [0.29, 0.717) is 28.8 Å². The van der Waals surface area contributed by atoms with Crippen LogP contribution in [0.2, 0.25) is 0 Å². The van der Waals surface area contributed by atoms with Crippen molar-refractivity contribution >= 4 is 49.2 Å². The molecule has 2 N–H and O–H groups in total. The van der Waals surface area contributed by atoms with Crippen molar-refractivity contribution < 1.29 is 23.1 Å². The Balaban J connectivity index is 1.86. The first kappa shape index (κ1) is 18.4. The quantitative estimate of drug-likeness (QED) is 0.763. The highest BCUT2D eigenvalue weighted by atomic mass is 79.9. The highest BCUT2D eigenvalue weighted by Gasteiger charge is 2.28. The third kappa shape index (κ3) is 3.73. The lowest BCUT2D eigenvalue weighted by Gasteiger charge is -2.18. The normalized spacial score (nSPS) is 15.7. The number of aromatic carboxylic acids is 1. The number of carboxylic acid groups (broad SMARTS) is 1. The number of carbonyl (C=O) groups is 2. The second-order valence-corrected chi connectivity index (χ2v) is 8.61. The van der Waals surface area contributed by atoms with E-state index in [0.717, 1.165) is 0 Å². The zero-order valence-electron chi connectivity index (χ0n) is 13.5. The smallest absolute Gasteiger partial charge is 0.335 e. The number of hydrogen-bond acceptors (Lipinski definition) is 4. The number of hydrogen-bond donors (Lipinski definition) is 2. The van der Waals surface area contributed by atoms with Crippen LogP contribution in [0.15, 0.2) is 46.9 Å². The molecule has 0 spiro atoms. The summed E-state index contributed by atoms with van der Waals surface area (Å²) < 4.78 is 25.9. The van der Waals surface area contributed by atoms with E-state index < -0.39 is 21.9 Å². The van der Waals surface area contributed by atoms with Gasteiger partial charge in [-0.3, -0.25) is 9.10 Å². The standard InChI is InChI=1S/C17H15BrN2O5S/c18-15-6-5-11(17(22)23)9-14(15)16(21)19-12-3-1-4-13(10-12)20-7-2-8-26(20,24)25/h1,3-6,9-10H,2,7-8H2,(H,19,21)(H,22,23). The van der Waals surface area contributed by atoms with E-state index in [-0.39, 0.29) is 16.9 Å². The van der Waals surface area contributed by atoms with Crippen molar-refractivity contribution in [3.63, 3.8) is 0 Å². The Morgan fingerprint density at radius 3 is 2.58 bits per heavy atom. The first-order valence-electron chi connectivity index (χ1n) is 7.72. The fraction of sp³-hybridized carbons (Fsp3) is 0.176. The number of anilines is 2. The van der Waals surface area contributed by atoms with Gasteiger partial charge in [0.15, 0.2) is 0 Å². The van der Waals surface area contributed by atoms with Crippen LogP contribution in [0.4, 0.5) is 11.4 Å². The Morgan fingerprint density at radius 1 is 1.15 bits per heavy atom. The van der Waals surface area contributed by atoms with Gasteiger partial charge >= 0.3 is 5.97 Å². The lowest BCUT2D eigenvalue weighted by molar-refractivity contribution is 0.0697. The van der Waals surface area contributed by atoms with E-state index in [1.54, 1.807) is 24.3 Å². The zero-order valence-corrected chi connectivity index (χ0v) is 15.9. The molecule has 1 aliphatic rings. The highest BCUT2D eigenvalue weighted by molar-refractivity contribution is 9.10. The molecule has 1 amide bonds. The number of halogens is 1. The van der Waals surface area contributed by atoms with E-state index in [2.05, 4.69) is 21.2 Å². The molecule has 0 bridgehead atoms. The lowest BCUT2D eigenvalue weighted by Crippen LogP contribution is -2.25. The van der Waals surface area contributed by atoms with Crippen LogP contribution in [0.5, 0.6) is 0 Å². The third-order valence-electron chi connectivity index (χ3n) is 3.95. The molecular weight excluding hydrogens is 424 g/mol. The average Bonchev–Trinajstić information content (AvgIpc) is 2.94. The minimum atomic E-state index is -3.31. The van der Waals surface area contributed by atoms with E-state index >= 15 is 0 Å². The van der Waals surface area contributed by atoms with Crippen molar-refractivity contribution in [1.82, 2.24) is 0 Å². The number of rotatable bonds is 4. The van der Waals surface area contributed by atoms with Gasteiger partial charge in [-0.25, -0.2) is 13.2 Å². The molecule has 0 atom stereocenters. The third-order valence-corrected chi connectivity index (χ3v) is 6.51. The fourth-order valence-electron chi connectivity index (χ4n) is 2.70. The van der Waals surface area contributed by atoms with Gasteiger partial charge in [0.2, 0.25) is 10.0 Å². The van der Waals surface area contributed by atoms with Crippen molar-refractivity contribution in [2.45, 2.75) is 6.42 Å². The molecule has 0 aromatic heterocycles. The number of nitrogens with one attached hydrogen (secondary N) is 1. The van der Waals surface area contributed by atoms with Gasteiger partial charge in [-0.15, -0.1) is 0 Å². The molecule has 3 rings (SSSR count). The van der Waals surface area contributed by atoms with E-state index in [1.807, 2.05) is 0 Å². The molecule has 2 aromatic carbocycles. The van der Waals surface area contributed by atoms with E-state index in [4.69, 9.17) is 5.11 Å². The molecule has 1 fully saturated rings. The first-order chi connectivity index (χ1) is 12.3. The summed E-state index contributed by atoms with van der Waals surface area (Å²) in [5, 5.41) is 11.7. The van der Waals surface area contributed by atoms with Crippen LogP contribution in [-0.2, 0) is 10.0 Å². The van der Waals surface area contributed by atoms with Gasteiger partial charge in [-0.1, -0.05) is 6.07 Å². The fourth-order valence-corrected chi connectivity index (χ4v) is 4.68. The van der Waals surface area contributed by atoms with Gasteiger partial charge in [0.05, 0.1) is 22.6 Å². The Kier molecular flexibility index (Phi) is 5.01. The Bertz CT molecular complexity index is 990. The number of amides is 1. The summed E-state index contributed by atoms with van der Waals surface area (Å²) >= 11 is 3.24. The van der Waals surface area contributed by atoms with Gasteiger partial charge < -0.3 is 10.4 Å². The molecule has 9 heteroatoms. The number of carbonyl (C=O) groups excluding carboxylic acids is 1. The summed E-state index contributed by atoms with van der Waals surface area (Å²) in [7, 11) is -3.31. The van der Waals surface area contributed by atoms with Crippen LogP contribution in [0.25, 0.3) is 0 Å². The van der Waals surface area contributed by atoms with Crippen molar-refractivity contribution in [2.75, 3.05) is 21.9 Å².